The van der Waals surface area contributed by atoms with Crippen LogP contribution in [0.4, 0.5) is 0 Å². The lowest BCUT2D eigenvalue weighted by atomic mass is 10.1. The number of halogens is 1. The average Bonchev–Trinajstić information content (AvgIpc) is 2.37. The van der Waals surface area contributed by atoms with E-state index in [-0.39, 0.29) is 12.0 Å². The maximum Gasteiger partial charge on any atom is 0.264 e. The molecule has 114 valence electrons. The van der Waals surface area contributed by atoms with Crippen molar-refractivity contribution in [2.24, 2.45) is 0 Å². The predicted octanol–water partition coefficient (Wildman–Crippen LogP) is 2.96. The number of hydrogen-bond acceptors (Lipinski definition) is 4. The van der Waals surface area contributed by atoms with E-state index in [1.165, 1.54) is 0 Å². The van der Waals surface area contributed by atoms with E-state index in [9.17, 15) is 8.42 Å². The molecule has 0 saturated heterocycles. The quantitative estimate of drug-likeness (QED) is 0.518. The highest BCUT2D eigenvalue weighted by atomic mass is 35.5. The fourth-order valence-electron chi connectivity index (χ4n) is 1.75. The van der Waals surface area contributed by atoms with E-state index < -0.39 is 16.2 Å². The van der Waals surface area contributed by atoms with Crippen LogP contribution in [0.3, 0.4) is 0 Å². The summed E-state index contributed by atoms with van der Waals surface area (Å²) in [5, 5.41) is -0.384. The molecule has 0 unspecified atom stereocenters. The molecular weight excluding hydrogens is 300 g/mol. The number of alkyl halides is 1. The van der Waals surface area contributed by atoms with Gasteiger partial charge in [0.1, 0.15) is 6.10 Å². The molecule has 4 nitrogen and oxygen atoms in total. The van der Waals surface area contributed by atoms with Crippen LogP contribution < -0.4 is 0 Å². The van der Waals surface area contributed by atoms with E-state index in [4.69, 9.17) is 20.5 Å². The van der Waals surface area contributed by atoms with Gasteiger partial charge in [0.15, 0.2) is 0 Å². The van der Waals surface area contributed by atoms with Gasteiger partial charge in [-0.05, 0) is 12.0 Å². The Morgan fingerprint density at radius 3 is 2.45 bits per heavy atom. The zero-order valence-corrected chi connectivity index (χ0v) is 13.4. The summed E-state index contributed by atoms with van der Waals surface area (Å²) in [5.41, 5.74) is 1.02. The van der Waals surface area contributed by atoms with Crippen molar-refractivity contribution in [1.82, 2.24) is 0 Å². The monoisotopic (exact) mass is 320 g/mol. The lowest BCUT2D eigenvalue weighted by molar-refractivity contribution is 0.0416. The standard InChI is InChI=1S/C14H21ClO4S/c1-3-7-13(15)14(19-20(2,16)17)11-18-10-12-8-5-4-6-9-12/h4-6,8-9,13-14H,3,7,10-11H2,1-2H3/t13-,14+/m0/s1. The van der Waals surface area contributed by atoms with E-state index >= 15 is 0 Å². The van der Waals surface area contributed by atoms with Gasteiger partial charge in [0.05, 0.1) is 24.8 Å². The first-order valence-electron chi connectivity index (χ1n) is 6.56. The van der Waals surface area contributed by atoms with Crippen molar-refractivity contribution in [3.05, 3.63) is 35.9 Å². The van der Waals surface area contributed by atoms with Crippen LogP contribution in [0, 0.1) is 0 Å². The first-order valence-corrected chi connectivity index (χ1v) is 8.81. The molecule has 0 fully saturated rings. The summed E-state index contributed by atoms with van der Waals surface area (Å²) >= 11 is 6.17. The molecule has 0 spiro atoms. The van der Waals surface area contributed by atoms with Crippen LogP contribution in [-0.4, -0.2) is 32.8 Å². The van der Waals surface area contributed by atoms with Crippen LogP contribution in [0.15, 0.2) is 30.3 Å². The molecular formula is C14H21ClO4S. The van der Waals surface area contributed by atoms with Gasteiger partial charge >= 0.3 is 0 Å². The van der Waals surface area contributed by atoms with Gasteiger partial charge in [-0.3, -0.25) is 4.18 Å². The lowest BCUT2D eigenvalue weighted by Gasteiger charge is -2.21. The maximum atomic E-state index is 11.2. The van der Waals surface area contributed by atoms with Crippen molar-refractivity contribution >= 4 is 21.7 Å². The van der Waals surface area contributed by atoms with E-state index in [0.717, 1.165) is 18.2 Å². The van der Waals surface area contributed by atoms with Crippen LogP contribution >= 0.6 is 11.6 Å². The zero-order valence-electron chi connectivity index (χ0n) is 11.8. The molecule has 2 atom stereocenters. The minimum Gasteiger partial charge on any atom is -0.374 e. The highest BCUT2D eigenvalue weighted by Crippen LogP contribution is 2.16. The zero-order chi connectivity index (χ0) is 15.0. The van der Waals surface area contributed by atoms with Crippen molar-refractivity contribution in [2.45, 2.75) is 37.9 Å². The van der Waals surface area contributed by atoms with Gasteiger partial charge in [0.2, 0.25) is 0 Å². The molecule has 0 amide bonds. The number of rotatable bonds is 9. The second kappa shape index (κ2) is 8.62. The highest BCUT2D eigenvalue weighted by molar-refractivity contribution is 7.86. The summed E-state index contributed by atoms with van der Waals surface area (Å²) in [6.07, 6.45) is 1.90. The Hall–Kier alpha value is -0.620. The van der Waals surface area contributed by atoms with Crippen molar-refractivity contribution in [2.75, 3.05) is 12.9 Å². The molecule has 20 heavy (non-hydrogen) atoms. The van der Waals surface area contributed by atoms with Gasteiger partial charge in [0.25, 0.3) is 10.1 Å². The molecule has 0 aliphatic carbocycles. The van der Waals surface area contributed by atoms with Crippen molar-refractivity contribution in [3.63, 3.8) is 0 Å². The molecule has 0 aliphatic rings. The first-order chi connectivity index (χ1) is 9.42. The molecule has 0 radical (unpaired) electrons. The van der Waals surface area contributed by atoms with Gasteiger partial charge in [-0.25, -0.2) is 0 Å². The van der Waals surface area contributed by atoms with Gasteiger partial charge in [-0.1, -0.05) is 43.7 Å². The van der Waals surface area contributed by atoms with Crippen LogP contribution in [0.2, 0.25) is 0 Å². The molecule has 1 aromatic carbocycles. The summed E-state index contributed by atoms with van der Waals surface area (Å²) in [7, 11) is -3.55. The van der Waals surface area contributed by atoms with E-state index in [2.05, 4.69) is 0 Å². The smallest absolute Gasteiger partial charge is 0.264 e. The molecule has 1 rings (SSSR count). The van der Waals surface area contributed by atoms with Crippen LogP contribution in [-0.2, 0) is 25.6 Å². The highest BCUT2D eigenvalue weighted by Gasteiger charge is 2.24. The van der Waals surface area contributed by atoms with Crippen molar-refractivity contribution < 1.29 is 17.3 Å². The second-order valence-corrected chi connectivity index (χ2v) is 6.81. The SMILES string of the molecule is CCC[C@H](Cl)[C@@H](COCc1ccccc1)OS(C)(=O)=O. The Bertz CT molecular complexity index is 475. The number of benzene rings is 1. The topological polar surface area (TPSA) is 52.6 Å². The Morgan fingerprint density at radius 1 is 1.25 bits per heavy atom. The Labute approximate surface area is 126 Å². The molecule has 0 aromatic heterocycles. The Balaban J connectivity index is 2.51. The Kier molecular flexibility index (Phi) is 7.51. The molecule has 0 N–H and O–H groups in total. The van der Waals surface area contributed by atoms with Crippen molar-refractivity contribution in [1.29, 1.82) is 0 Å². The first kappa shape index (κ1) is 17.4. The van der Waals surface area contributed by atoms with Crippen LogP contribution in [0.25, 0.3) is 0 Å². The average molecular weight is 321 g/mol. The minimum absolute atomic E-state index is 0.149. The normalized spacial score (nSPS) is 14.9. The molecule has 6 heteroatoms. The van der Waals surface area contributed by atoms with Gasteiger partial charge in [0, 0.05) is 0 Å². The third-order valence-electron chi connectivity index (χ3n) is 2.66. The third-order valence-corrected chi connectivity index (χ3v) is 3.76. The summed E-state index contributed by atoms with van der Waals surface area (Å²) in [5.74, 6) is 0. The summed E-state index contributed by atoms with van der Waals surface area (Å²) in [6.45, 7) is 2.54. The van der Waals surface area contributed by atoms with Crippen molar-refractivity contribution in [3.8, 4) is 0 Å². The molecule has 1 aromatic rings. The minimum atomic E-state index is -3.55. The third kappa shape index (κ3) is 7.24. The largest absolute Gasteiger partial charge is 0.374 e. The van der Waals surface area contributed by atoms with E-state index in [1.54, 1.807) is 0 Å². The van der Waals surface area contributed by atoms with Gasteiger partial charge < -0.3 is 4.74 Å². The molecule has 0 saturated carbocycles. The van der Waals surface area contributed by atoms with Crippen LogP contribution in [0.1, 0.15) is 25.3 Å². The van der Waals surface area contributed by atoms with Gasteiger partial charge in [-0.15, -0.1) is 11.6 Å². The van der Waals surface area contributed by atoms with E-state index in [1.807, 2.05) is 37.3 Å². The van der Waals surface area contributed by atoms with Gasteiger partial charge in [-0.2, -0.15) is 8.42 Å². The summed E-state index contributed by atoms with van der Waals surface area (Å²) in [6, 6.07) is 9.65. The van der Waals surface area contributed by atoms with Crippen LogP contribution in [0.5, 0.6) is 0 Å². The fraction of sp³-hybridized carbons (Fsp3) is 0.571. The number of hydrogen-bond donors (Lipinski definition) is 0. The maximum absolute atomic E-state index is 11.2. The van der Waals surface area contributed by atoms with E-state index in [0.29, 0.717) is 13.0 Å². The predicted molar refractivity (Wildman–Crippen MR) is 80.4 cm³/mol. The summed E-state index contributed by atoms with van der Waals surface area (Å²) in [4.78, 5) is 0. The molecule has 0 aliphatic heterocycles. The second-order valence-electron chi connectivity index (χ2n) is 4.64. The fourth-order valence-corrected chi connectivity index (χ4v) is 2.79. The molecule has 0 heterocycles. The lowest BCUT2D eigenvalue weighted by Crippen LogP contribution is -2.32. The Morgan fingerprint density at radius 2 is 1.90 bits per heavy atom. The summed E-state index contributed by atoms with van der Waals surface area (Å²) < 4.78 is 33.0. The molecule has 0 bridgehead atoms. The number of ether oxygens (including phenoxy) is 1.